The maximum absolute atomic E-state index is 12.3. The number of rotatable bonds is 6. The number of oxazole rings is 1. The Morgan fingerprint density at radius 1 is 1.16 bits per heavy atom. The van der Waals surface area contributed by atoms with Gasteiger partial charge < -0.3 is 14.3 Å². The molecule has 0 unspecified atom stereocenters. The predicted molar refractivity (Wildman–Crippen MR) is 105 cm³/mol. The van der Waals surface area contributed by atoms with Gasteiger partial charge in [0.25, 0.3) is 0 Å². The molecule has 1 N–H and O–H groups in total. The molecule has 0 saturated heterocycles. The standard InChI is InChI=1S/C21H15F3N4O4/c1-12-8-17(27-28(12)10-13-2-7-16(20(29)30)25-9-13)19-26-18(11-31-19)14-3-5-15(6-4-14)32-21(22,23)24/h2-9,11H,10H2,1H3,(H,29,30). The normalized spacial score (nSPS) is 11.5. The first-order valence-corrected chi connectivity index (χ1v) is 9.23. The number of aryl methyl sites for hydroxylation is 1. The molecule has 4 aromatic rings. The van der Waals surface area contributed by atoms with Crippen molar-refractivity contribution in [1.82, 2.24) is 19.7 Å². The van der Waals surface area contributed by atoms with Gasteiger partial charge in [-0.25, -0.2) is 14.8 Å². The van der Waals surface area contributed by atoms with Crippen LogP contribution in [-0.2, 0) is 6.54 Å². The van der Waals surface area contributed by atoms with E-state index in [4.69, 9.17) is 9.52 Å². The molecule has 1 aromatic carbocycles. The number of halogens is 3. The van der Waals surface area contributed by atoms with Gasteiger partial charge in [-0.3, -0.25) is 4.68 Å². The summed E-state index contributed by atoms with van der Waals surface area (Å²) in [5.41, 5.74) is 2.99. The second-order valence-electron chi connectivity index (χ2n) is 6.80. The molecule has 11 heteroatoms. The topological polar surface area (TPSA) is 103 Å². The number of aromatic carboxylic acids is 1. The fourth-order valence-corrected chi connectivity index (χ4v) is 2.94. The Kier molecular flexibility index (Phi) is 5.39. The van der Waals surface area contributed by atoms with Crippen LogP contribution in [0.5, 0.6) is 5.75 Å². The van der Waals surface area contributed by atoms with Crippen molar-refractivity contribution in [2.24, 2.45) is 0 Å². The molecule has 0 atom stereocenters. The van der Waals surface area contributed by atoms with Gasteiger partial charge in [0.2, 0.25) is 5.89 Å². The van der Waals surface area contributed by atoms with E-state index in [0.717, 1.165) is 11.3 Å². The van der Waals surface area contributed by atoms with E-state index in [1.165, 1.54) is 42.8 Å². The highest BCUT2D eigenvalue weighted by molar-refractivity contribution is 5.85. The molecule has 0 saturated carbocycles. The number of benzene rings is 1. The van der Waals surface area contributed by atoms with Gasteiger partial charge in [0.05, 0.1) is 6.54 Å². The molecule has 0 bridgehead atoms. The summed E-state index contributed by atoms with van der Waals surface area (Å²) in [6, 6.07) is 10.1. The van der Waals surface area contributed by atoms with E-state index >= 15 is 0 Å². The van der Waals surface area contributed by atoms with E-state index in [1.807, 2.05) is 6.92 Å². The van der Waals surface area contributed by atoms with E-state index in [-0.39, 0.29) is 17.3 Å². The number of nitrogens with zero attached hydrogens (tertiary/aromatic N) is 4. The van der Waals surface area contributed by atoms with Crippen LogP contribution < -0.4 is 4.74 Å². The van der Waals surface area contributed by atoms with Crippen LogP contribution in [0.25, 0.3) is 22.8 Å². The maximum atomic E-state index is 12.3. The van der Waals surface area contributed by atoms with Gasteiger partial charge in [-0.15, -0.1) is 13.2 Å². The summed E-state index contributed by atoms with van der Waals surface area (Å²) in [6.45, 7) is 2.21. The summed E-state index contributed by atoms with van der Waals surface area (Å²) in [6.07, 6.45) is -1.90. The Balaban J connectivity index is 1.50. The summed E-state index contributed by atoms with van der Waals surface area (Å²) < 4.78 is 47.9. The first-order chi connectivity index (χ1) is 15.2. The lowest BCUT2D eigenvalue weighted by atomic mass is 10.2. The zero-order valence-electron chi connectivity index (χ0n) is 16.5. The van der Waals surface area contributed by atoms with Gasteiger partial charge in [0, 0.05) is 17.5 Å². The zero-order chi connectivity index (χ0) is 22.9. The highest BCUT2D eigenvalue weighted by Gasteiger charge is 2.31. The summed E-state index contributed by atoms with van der Waals surface area (Å²) in [5, 5.41) is 13.4. The monoisotopic (exact) mass is 444 g/mol. The van der Waals surface area contributed by atoms with E-state index in [0.29, 0.717) is 23.5 Å². The Hall–Kier alpha value is -4.15. The number of pyridine rings is 1. The molecule has 0 aliphatic rings. The van der Waals surface area contributed by atoms with Gasteiger partial charge in [-0.1, -0.05) is 6.07 Å². The number of carbonyl (C=O) groups is 1. The van der Waals surface area contributed by atoms with Gasteiger partial charge in [0.15, 0.2) is 0 Å². The number of hydrogen-bond acceptors (Lipinski definition) is 6. The number of alkyl halides is 3. The smallest absolute Gasteiger partial charge is 0.477 e. The number of ether oxygens (including phenoxy) is 1. The molecule has 32 heavy (non-hydrogen) atoms. The summed E-state index contributed by atoms with van der Waals surface area (Å²) in [4.78, 5) is 19.2. The maximum Gasteiger partial charge on any atom is 0.573 e. The van der Waals surface area contributed by atoms with Crippen LogP contribution >= 0.6 is 0 Å². The molecule has 0 spiro atoms. The lowest BCUT2D eigenvalue weighted by Gasteiger charge is -2.08. The van der Waals surface area contributed by atoms with Crippen molar-refractivity contribution in [2.75, 3.05) is 0 Å². The van der Waals surface area contributed by atoms with Crippen LogP contribution in [0.4, 0.5) is 13.2 Å². The van der Waals surface area contributed by atoms with Crippen LogP contribution in [0.3, 0.4) is 0 Å². The average Bonchev–Trinajstić information content (AvgIpc) is 3.35. The Morgan fingerprint density at radius 3 is 2.53 bits per heavy atom. The first-order valence-electron chi connectivity index (χ1n) is 9.23. The summed E-state index contributed by atoms with van der Waals surface area (Å²) >= 11 is 0. The van der Waals surface area contributed by atoms with Crippen molar-refractivity contribution in [1.29, 1.82) is 0 Å². The quantitative estimate of drug-likeness (QED) is 0.465. The molecule has 0 fully saturated rings. The van der Waals surface area contributed by atoms with Gasteiger partial charge in [0.1, 0.15) is 29.1 Å². The van der Waals surface area contributed by atoms with Crippen molar-refractivity contribution in [2.45, 2.75) is 19.8 Å². The molecular weight excluding hydrogens is 429 g/mol. The van der Waals surface area contributed by atoms with Crippen molar-refractivity contribution in [3.05, 3.63) is 71.9 Å². The molecule has 0 radical (unpaired) electrons. The van der Waals surface area contributed by atoms with Crippen LogP contribution in [0.15, 0.2) is 59.3 Å². The van der Waals surface area contributed by atoms with Gasteiger partial charge in [-0.2, -0.15) is 5.10 Å². The number of carboxylic acid groups (broad SMARTS) is 1. The minimum absolute atomic E-state index is 0.0445. The van der Waals surface area contributed by atoms with E-state index in [1.54, 1.807) is 16.8 Å². The zero-order valence-corrected chi connectivity index (χ0v) is 16.5. The van der Waals surface area contributed by atoms with Crippen LogP contribution in [0.1, 0.15) is 21.7 Å². The number of hydrogen-bond donors (Lipinski definition) is 1. The largest absolute Gasteiger partial charge is 0.573 e. The van der Waals surface area contributed by atoms with Gasteiger partial charge in [-0.05, 0) is 48.9 Å². The fraction of sp³-hybridized carbons (Fsp3) is 0.143. The third kappa shape index (κ3) is 4.77. The molecule has 0 amide bonds. The van der Waals surface area contributed by atoms with Crippen LogP contribution in [0.2, 0.25) is 0 Å². The number of carboxylic acids is 1. The first kappa shape index (κ1) is 21.1. The molecule has 3 heterocycles. The Labute approximate surface area is 178 Å². The minimum atomic E-state index is -4.76. The molecule has 164 valence electrons. The van der Waals surface area contributed by atoms with E-state index in [9.17, 15) is 18.0 Å². The SMILES string of the molecule is Cc1cc(-c2nc(-c3ccc(OC(F)(F)F)cc3)co2)nn1Cc1ccc(C(=O)O)nc1. The average molecular weight is 444 g/mol. The van der Waals surface area contributed by atoms with E-state index < -0.39 is 12.3 Å². The van der Waals surface area contributed by atoms with Crippen LogP contribution in [-0.4, -0.2) is 37.2 Å². The molecule has 8 nitrogen and oxygen atoms in total. The van der Waals surface area contributed by atoms with Gasteiger partial charge >= 0.3 is 12.3 Å². The molecule has 0 aliphatic heterocycles. The highest BCUT2D eigenvalue weighted by Crippen LogP contribution is 2.28. The van der Waals surface area contributed by atoms with E-state index in [2.05, 4.69) is 19.8 Å². The van der Waals surface area contributed by atoms with Crippen molar-refractivity contribution in [3.63, 3.8) is 0 Å². The lowest BCUT2D eigenvalue weighted by Crippen LogP contribution is -2.16. The predicted octanol–water partition coefficient (Wildman–Crippen LogP) is 4.55. The minimum Gasteiger partial charge on any atom is -0.477 e. The molecular formula is C21H15F3N4O4. The Bertz CT molecular complexity index is 1250. The number of aromatic nitrogens is 4. The molecule has 3 aromatic heterocycles. The van der Waals surface area contributed by atoms with Crippen molar-refractivity contribution in [3.8, 4) is 28.6 Å². The third-order valence-corrected chi connectivity index (χ3v) is 4.46. The lowest BCUT2D eigenvalue weighted by molar-refractivity contribution is -0.274. The third-order valence-electron chi connectivity index (χ3n) is 4.46. The second kappa shape index (κ2) is 8.17. The van der Waals surface area contributed by atoms with Crippen molar-refractivity contribution >= 4 is 5.97 Å². The fourth-order valence-electron chi connectivity index (χ4n) is 2.94. The second-order valence-corrected chi connectivity index (χ2v) is 6.80. The molecule has 4 rings (SSSR count). The summed E-state index contributed by atoms with van der Waals surface area (Å²) in [7, 11) is 0. The molecule has 0 aliphatic carbocycles. The Morgan fingerprint density at radius 2 is 1.91 bits per heavy atom. The van der Waals surface area contributed by atoms with Crippen molar-refractivity contribution < 1.29 is 32.2 Å². The highest BCUT2D eigenvalue weighted by atomic mass is 19.4. The van der Waals surface area contributed by atoms with Crippen LogP contribution in [0, 0.1) is 6.92 Å². The summed E-state index contributed by atoms with van der Waals surface area (Å²) in [5.74, 6) is -1.18.